The fraction of sp³-hybridized carbons (Fsp3) is 0.321. The van der Waals surface area contributed by atoms with Crippen molar-refractivity contribution in [2.75, 3.05) is 38.6 Å². The first-order valence-corrected chi connectivity index (χ1v) is 12.9. The molecule has 0 radical (unpaired) electrons. The molecule has 1 aliphatic rings. The normalized spacial score (nSPS) is 14.5. The van der Waals surface area contributed by atoms with Gasteiger partial charge in [-0.05, 0) is 61.7 Å². The van der Waals surface area contributed by atoms with E-state index in [1.807, 2.05) is 24.3 Å². The zero-order chi connectivity index (χ0) is 25.6. The summed E-state index contributed by atoms with van der Waals surface area (Å²) >= 11 is 6.55. The molecule has 8 nitrogen and oxygen atoms in total. The highest BCUT2D eigenvalue weighted by atomic mass is 35.5. The van der Waals surface area contributed by atoms with Crippen molar-refractivity contribution in [3.63, 3.8) is 0 Å². The van der Waals surface area contributed by atoms with E-state index in [4.69, 9.17) is 16.3 Å². The van der Waals surface area contributed by atoms with Crippen LogP contribution in [0, 0.1) is 5.92 Å². The molecular weight excluding hydrogens is 488 g/mol. The van der Waals surface area contributed by atoms with Crippen LogP contribution in [0.4, 0.5) is 5.69 Å². The monoisotopic (exact) mass is 518 g/mol. The van der Waals surface area contributed by atoms with Gasteiger partial charge in [-0.3, -0.25) is 9.69 Å². The maximum Gasteiger partial charge on any atom is 0.257 e. The lowest BCUT2D eigenvalue weighted by Crippen LogP contribution is -2.35. The predicted molar refractivity (Wildman–Crippen MR) is 147 cm³/mol. The number of ether oxygens (including phenoxy) is 1. The second kappa shape index (κ2) is 11.6. The number of hydrogen-bond donors (Lipinski definition) is 3. The molecule has 0 aliphatic carbocycles. The molecule has 192 valence electrons. The number of carbonyl (C=O) groups is 1. The van der Waals surface area contributed by atoms with Gasteiger partial charge in [-0.15, -0.1) is 0 Å². The summed E-state index contributed by atoms with van der Waals surface area (Å²) in [4.78, 5) is 26.4. The molecule has 1 amide bonds. The van der Waals surface area contributed by atoms with E-state index in [1.165, 1.54) is 5.56 Å². The number of H-pyrrole nitrogens is 1. The molecule has 2 aromatic carbocycles. The molecule has 4 aromatic rings. The van der Waals surface area contributed by atoms with E-state index in [0.29, 0.717) is 28.2 Å². The zero-order valence-electron chi connectivity index (χ0n) is 20.8. The van der Waals surface area contributed by atoms with Gasteiger partial charge in [-0.1, -0.05) is 41.9 Å². The van der Waals surface area contributed by atoms with E-state index in [1.54, 1.807) is 13.2 Å². The number of likely N-dealkylation sites (tertiary alicyclic amines) is 1. The fourth-order valence-electron chi connectivity index (χ4n) is 4.61. The predicted octanol–water partition coefficient (Wildman–Crippen LogP) is 4.73. The lowest BCUT2D eigenvalue weighted by Gasteiger charge is -2.32. The van der Waals surface area contributed by atoms with Crippen molar-refractivity contribution in [2.45, 2.75) is 19.4 Å². The first-order chi connectivity index (χ1) is 18.1. The summed E-state index contributed by atoms with van der Waals surface area (Å²) in [5.74, 6) is 1.71. The molecule has 1 fully saturated rings. The maximum absolute atomic E-state index is 11.4. The highest BCUT2D eigenvalue weighted by Gasteiger charge is 2.20. The van der Waals surface area contributed by atoms with Crippen LogP contribution in [0.5, 0.6) is 5.75 Å². The molecule has 1 saturated heterocycles. The van der Waals surface area contributed by atoms with E-state index >= 15 is 0 Å². The van der Waals surface area contributed by atoms with Crippen molar-refractivity contribution in [3.8, 4) is 17.1 Å². The van der Waals surface area contributed by atoms with Crippen molar-refractivity contribution < 1.29 is 9.53 Å². The van der Waals surface area contributed by atoms with Gasteiger partial charge >= 0.3 is 0 Å². The molecule has 0 unspecified atom stereocenters. The van der Waals surface area contributed by atoms with Gasteiger partial charge in [-0.2, -0.15) is 0 Å². The van der Waals surface area contributed by atoms with Crippen LogP contribution in [0.1, 0.15) is 18.4 Å². The number of pyridine rings is 1. The third-order valence-electron chi connectivity index (χ3n) is 6.77. The van der Waals surface area contributed by atoms with E-state index in [0.717, 1.165) is 55.8 Å². The number of benzene rings is 2. The number of piperidine rings is 1. The van der Waals surface area contributed by atoms with E-state index in [9.17, 15) is 4.79 Å². The average Bonchev–Trinajstić information content (AvgIpc) is 3.37. The molecule has 0 atom stereocenters. The van der Waals surface area contributed by atoms with E-state index < -0.39 is 0 Å². The Balaban J connectivity index is 1.21. The van der Waals surface area contributed by atoms with Crippen LogP contribution in [-0.2, 0) is 11.3 Å². The minimum atomic E-state index is -0.179. The van der Waals surface area contributed by atoms with Crippen LogP contribution in [0.2, 0.25) is 5.02 Å². The molecule has 3 heterocycles. The molecule has 3 N–H and O–H groups in total. The van der Waals surface area contributed by atoms with Gasteiger partial charge in [0.25, 0.3) is 5.91 Å². The number of likely N-dealkylation sites (N-methyl/N-ethyl adjacent to an activating group) is 1. The SMILES string of the molecule is CNC(=O)COc1ccc(-c2nc3ncc(Cl)c(NCC4CCN(Cc5ccccc5)CC4)c3[nH]2)cc1. The Hall–Kier alpha value is -3.62. The topological polar surface area (TPSA) is 95.2 Å². The maximum atomic E-state index is 11.4. The standard InChI is InChI=1S/C28H31ClN6O2/c1-30-24(36)18-37-22-9-7-21(8-10-22)27-33-26-25(23(29)16-32-28(26)34-27)31-15-19-11-13-35(14-12-19)17-20-5-3-2-4-6-20/h2-10,16,19H,11-15,17-18H2,1H3,(H,30,36)(H2,31,32,33,34). The summed E-state index contributed by atoms with van der Waals surface area (Å²) in [5.41, 5.74) is 4.50. The van der Waals surface area contributed by atoms with Crippen LogP contribution in [0.25, 0.3) is 22.6 Å². The van der Waals surface area contributed by atoms with E-state index in [2.05, 4.69) is 60.8 Å². The van der Waals surface area contributed by atoms with Gasteiger partial charge in [-0.25, -0.2) is 9.97 Å². The Morgan fingerprint density at radius 2 is 1.89 bits per heavy atom. The Bertz CT molecular complexity index is 1330. The van der Waals surface area contributed by atoms with Gasteiger partial charge in [0, 0.05) is 25.7 Å². The fourth-order valence-corrected chi connectivity index (χ4v) is 4.82. The number of hydrogen-bond acceptors (Lipinski definition) is 6. The number of fused-ring (bicyclic) bond motifs is 1. The number of carbonyl (C=O) groups excluding carboxylic acids is 1. The van der Waals surface area contributed by atoms with Gasteiger partial charge in [0.2, 0.25) is 0 Å². The summed E-state index contributed by atoms with van der Waals surface area (Å²) in [6, 6.07) is 18.1. The first kappa shape index (κ1) is 25.0. The first-order valence-electron chi connectivity index (χ1n) is 12.6. The molecule has 0 saturated carbocycles. The molecule has 1 aliphatic heterocycles. The molecule has 9 heteroatoms. The largest absolute Gasteiger partial charge is 0.484 e. The highest BCUT2D eigenvalue weighted by Crippen LogP contribution is 2.32. The quantitative estimate of drug-likeness (QED) is 0.296. The molecular formula is C28H31ClN6O2. The third-order valence-corrected chi connectivity index (χ3v) is 7.06. The number of halogens is 1. The van der Waals surface area contributed by atoms with Crippen LogP contribution < -0.4 is 15.4 Å². The molecule has 2 aromatic heterocycles. The van der Waals surface area contributed by atoms with Gasteiger partial charge in [0.15, 0.2) is 12.3 Å². The lowest BCUT2D eigenvalue weighted by atomic mass is 9.96. The minimum Gasteiger partial charge on any atom is -0.484 e. The van der Waals surface area contributed by atoms with Crippen molar-refractivity contribution in [3.05, 3.63) is 71.4 Å². The lowest BCUT2D eigenvalue weighted by molar-refractivity contribution is -0.122. The second-order valence-electron chi connectivity index (χ2n) is 9.34. The summed E-state index contributed by atoms with van der Waals surface area (Å²) in [7, 11) is 1.58. The molecule has 0 bridgehead atoms. The summed E-state index contributed by atoms with van der Waals surface area (Å²) in [6.45, 7) is 4.03. The van der Waals surface area contributed by atoms with Crippen molar-refractivity contribution in [1.82, 2.24) is 25.2 Å². The van der Waals surface area contributed by atoms with Gasteiger partial charge in [0.1, 0.15) is 17.1 Å². The number of nitrogens with zero attached hydrogens (tertiary/aromatic N) is 3. The molecule has 0 spiro atoms. The van der Waals surface area contributed by atoms with E-state index in [-0.39, 0.29) is 12.5 Å². The van der Waals surface area contributed by atoms with Crippen molar-refractivity contribution in [2.24, 2.45) is 5.92 Å². The summed E-state index contributed by atoms with van der Waals surface area (Å²) in [6.07, 6.45) is 3.94. The third kappa shape index (κ3) is 6.21. The number of anilines is 1. The number of rotatable bonds is 9. The summed E-state index contributed by atoms with van der Waals surface area (Å²) in [5, 5.41) is 6.68. The number of amides is 1. The molecule has 5 rings (SSSR count). The van der Waals surface area contributed by atoms with Crippen LogP contribution >= 0.6 is 11.6 Å². The Labute approximate surface area is 221 Å². The Morgan fingerprint density at radius 1 is 1.14 bits per heavy atom. The van der Waals surface area contributed by atoms with Gasteiger partial charge < -0.3 is 20.4 Å². The average molecular weight is 519 g/mol. The highest BCUT2D eigenvalue weighted by molar-refractivity contribution is 6.34. The number of aromatic nitrogens is 3. The zero-order valence-corrected chi connectivity index (χ0v) is 21.6. The number of aromatic amines is 1. The van der Waals surface area contributed by atoms with Crippen molar-refractivity contribution >= 4 is 34.4 Å². The molecule has 37 heavy (non-hydrogen) atoms. The summed E-state index contributed by atoms with van der Waals surface area (Å²) < 4.78 is 5.48. The smallest absolute Gasteiger partial charge is 0.257 e. The Morgan fingerprint density at radius 3 is 2.62 bits per heavy atom. The van der Waals surface area contributed by atoms with Crippen LogP contribution in [-0.4, -0.2) is 59.0 Å². The Kier molecular flexibility index (Phi) is 7.87. The number of imidazole rings is 1. The van der Waals surface area contributed by atoms with Crippen LogP contribution in [0.15, 0.2) is 60.8 Å². The van der Waals surface area contributed by atoms with Crippen molar-refractivity contribution in [1.29, 1.82) is 0 Å². The number of nitrogens with one attached hydrogen (secondary N) is 3. The second-order valence-corrected chi connectivity index (χ2v) is 9.74. The van der Waals surface area contributed by atoms with Gasteiger partial charge in [0.05, 0.1) is 16.9 Å². The van der Waals surface area contributed by atoms with Crippen LogP contribution in [0.3, 0.4) is 0 Å². The minimum absolute atomic E-state index is 0.0238.